The molecule has 0 aromatic heterocycles. The lowest BCUT2D eigenvalue weighted by Gasteiger charge is -2.33. The first-order chi connectivity index (χ1) is 8.72. The molecule has 1 aliphatic heterocycles. The van der Waals surface area contributed by atoms with Gasteiger partial charge in [-0.25, -0.2) is 0 Å². The van der Waals surface area contributed by atoms with Crippen LogP contribution in [0.1, 0.15) is 25.7 Å². The zero-order valence-corrected chi connectivity index (χ0v) is 10.4. The summed E-state index contributed by atoms with van der Waals surface area (Å²) in [4.78, 5) is 12.3. The van der Waals surface area contributed by atoms with Gasteiger partial charge < -0.3 is 10.1 Å². The van der Waals surface area contributed by atoms with Gasteiger partial charge in [0, 0.05) is 32.0 Å². The Morgan fingerprint density at radius 3 is 2.67 bits per heavy atom. The van der Waals surface area contributed by atoms with Crippen LogP contribution in [0.4, 0.5) is 0 Å². The molecular formula is C14H18N2O2. The first-order valence-electron chi connectivity index (χ1n) is 6.72. The number of allylic oxidation sites excluding steroid dienone is 2. The Kier molecular flexibility index (Phi) is 2.87. The first kappa shape index (κ1) is 11.7. The van der Waals surface area contributed by atoms with Crippen LogP contribution < -0.4 is 5.32 Å². The molecule has 0 radical (unpaired) electrons. The minimum absolute atomic E-state index is 0.0651. The van der Waals surface area contributed by atoms with Crippen molar-refractivity contribution in [2.24, 2.45) is 17.8 Å². The highest BCUT2D eigenvalue weighted by Gasteiger charge is 2.43. The number of hydrogen-bond acceptors (Lipinski definition) is 3. The van der Waals surface area contributed by atoms with Gasteiger partial charge in [0.05, 0.1) is 6.07 Å². The number of carbonyl (C=O) groups excluding carboxylic acids is 1. The van der Waals surface area contributed by atoms with Gasteiger partial charge in [-0.15, -0.1) is 0 Å². The fourth-order valence-electron chi connectivity index (χ4n) is 3.40. The second kappa shape index (κ2) is 4.40. The Morgan fingerprint density at radius 1 is 1.33 bits per heavy atom. The second-order valence-corrected chi connectivity index (χ2v) is 5.68. The van der Waals surface area contributed by atoms with Crippen LogP contribution in [0.3, 0.4) is 0 Å². The Morgan fingerprint density at radius 2 is 2.11 bits per heavy atom. The van der Waals surface area contributed by atoms with Gasteiger partial charge >= 0.3 is 0 Å². The average Bonchev–Trinajstić information content (AvgIpc) is 3.02. The zero-order valence-electron chi connectivity index (χ0n) is 10.4. The minimum atomic E-state index is -0.694. The summed E-state index contributed by atoms with van der Waals surface area (Å²) in [6.45, 7) is 1.12. The highest BCUT2D eigenvalue weighted by atomic mass is 16.5. The van der Waals surface area contributed by atoms with Gasteiger partial charge in [0.15, 0.2) is 0 Å². The fraction of sp³-hybridized carbons (Fsp3) is 0.714. The van der Waals surface area contributed by atoms with Crippen molar-refractivity contribution in [1.29, 1.82) is 5.26 Å². The maximum atomic E-state index is 12.3. The largest absolute Gasteiger partial charge is 0.381 e. The van der Waals surface area contributed by atoms with Crippen molar-refractivity contribution in [1.82, 2.24) is 5.32 Å². The lowest BCUT2D eigenvalue weighted by Crippen LogP contribution is -2.53. The van der Waals surface area contributed by atoms with E-state index in [1.54, 1.807) is 0 Å². The number of carbonyl (C=O) groups is 1. The summed E-state index contributed by atoms with van der Waals surface area (Å²) in [5.74, 6) is 1.12. The molecule has 3 aliphatic rings. The van der Waals surface area contributed by atoms with Crippen molar-refractivity contribution in [3.63, 3.8) is 0 Å². The molecule has 1 amide bonds. The Labute approximate surface area is 107 Å². The van der Waals surface area contributed by atoms with Gasteiger partial charge in [0.25, 0.3) is 0 Å². The third-order valence-corrected chi connectivity index (χ3v) is 4.54. The summed E-state index contributed by atoms with van der Waals surface area (Å²) in [7, 11) is 0. The van der Waals surface area contributed by atoms with Crippen LogP contribution in [0.25, 0.3) is 0 Å². The Hall–Kier alpha value is -1.34. The van der Waals surface area contributed by atoms with Crippen molar-refractivity contribution < 1.29 is 9.53 Å². The summed E-state index contributed by atoms with van der Waals surface area (Å²) in [5.41, 5.74) is -0.694. The van der Waals surface area contributed by atoms with Crippen LogP contribution in [0.5, 0.6) is 0 Å². The quantitative estimate of drug-likeness (QED) is 0.749. The van der Waals surface area contributed by atoms with Crippen molar-refractivity contribution in [2.75, 3.05) is 13.2 Å². The number of hydrogen-bond donors (Lipinski definition) is 1. The van der Waals surface area contributed by atoms with Gasteiger partial charge in [-0.2, -0.15) is 5.26 Å². The standard InChI is InChI=1S/C14H18N2O2/c15-9-14(3-5-18-6-4-14)16-13(17)12-8-10-1-2-11(12)7-10/h1-2,10-12H,3-8H2,(H,16,17)/t10-,11+,12-/m0/s1. The molecule has 1 saturated carbocycles. The molecule has 1 N–H and O–H groups in total. The highest BCUT2D eigenvalue weighted by molar-refractivity contribution is 5.81. The third-order valence-electron chi connectivity index (χ3n) is 4.54. The number of ether oxygens (including phenoxy) is 1. The summed E-state index contributed by atoms with van der Waals surface area (Å²) in [5, 5.41) is 12.3. The molecule has 0 aromatic carbocycles. The van der Waals surface area contributed by atoms with Crippen molar-refractivity contribution in [3.05, 3.63) is 12.2 Å². The van der Waals surface area contributed by atoms with Crippen LogP contribution >= 0.6 is 0 Å². The zero-order chi connectivity index (χ0) is 12.6. The summed E-state index contributed by atoms with van der Waals surface area (Å²) < 4.78 is 5.27. The molecule has 4 heteroatoms. The SMILES string of the molecule is N#CC1(NC(=O)[C@H]2C[C@H]3C=C[C@@H]2C3)CCOCC1. The van der Waals surface area contributed by atoms with Gasteiger partial charge in [-0.1, -0.05) is 12.2 Å². The van der Waals surface area contributed by atoms with Crippen LogP contribution in [0, 0.1) is 29.1 Å². The van der Waals surface area contributed by atoms with E-state index < -0.39 is 5.54 Å². The van der Waals surface area contributed by atoms with E-state index in [4.69, 9.17) is 4.74 Å². The van der Waals surface area contributed by atoms with E-state index in [1.807, 2.05) is 0 Å². The molecule has 1 heterocycles. The topological polar surface area (TPSA) is 62.1 Å². The number of nitrogens with zero attached hydrogens (tertiary/aromatic N) is 1. The highest BCUT2D eigenvalue weighted by Crippen LogP contribution is 2.43. The molecule has 0 unspecified atom stereocenters. The van der Waals surface area contributed by atoms with Gasteiger partial charge in [-0.05, 0) is 24.7 Å². The molecule has 96 valence electrons. The number of rotatable bonds is 2. The van der Waals surface area contributed by atoms with E-state index in [-0.39, 0.29) is 11.8 Å². The van der Waals surface area contributed by atoms with Crippen LogP contribution in [0.15, 0.2) is 12.2 Å². The van der Waals surface area contributed by atoms with E-state index in [2.05, 4.69) is 23.5 Å². The monoisotopic (exact) mass is 246 g/mol. The molecule has 3 rings (SSSR count). The predicted molar refractivity (Wildman–Crippen MR) is 65.4 cm³/mol. The summed E-state index contributed by atoms with van der Waals surface area (Å²) >= 11 is 0. The lowest BCUT2D eigenvalue weighted by atomic mass is 9.88. The average molecular weight is 246 g/mol. The molecule has 18 heavy (non-hydrogen) atoms. The maximum Gasteiger partial charge on any atom is 0.224 e. The van der Waals surface area contributed by atoms with Gasteiger partial charge in [0.1, 0.15) is 5.54 Å². The number of fused-ring (bicyclic) bond motifs is 2. The lowest BCUT2D eigenvalue weighted by molar-refractivity contribution is -0.128. The molecular weight excluding hydrogens is 228 g/mol. The normalized spacial score (nSPS) is 36.3. The van der Waals surface area contributed by atoms with E-state index in [9.17, 15) is 10.1 Å². The molecule has 2 aliphatic carbocycles. The van der Waals surface area contributed by atoms with Gasteiger partial charge in [0.2, 0.25) is 5.91 Å². The molecule has 2 bridgehead atoms. The van der Waals surface area contributed by atoms with E-state index in [0.29, 0.717) is 37.9 Å². The molecule has 4 nitrogen and oxygen atoms in total. The minimum Gasteiger partial charge on any atom is -0.381 e. The number of amides is 1. The van der Waals surface area contributed by atoms with E-state index in [1.165, 1.54) is 0 Å². The third kappa shape index (κ3) is 1.93. The van der Waals surface area contributed by atoms with Crippen LogP contribution in [-0.4, -0.2) is 24.7 Å². The summed E-state index contributed by atoms with van der Waals surface area (Å²) in [6, 6.07) is 2.29. The van der Waals surface area contributed by atoms with Crippen molar-refractivity contribution in [3.8, 4) is 6.07 Å². The molecule has 3 atom stereocenters. The molecule has 0 aromatic rings. The predicted octanol–water partition coefficient (Wildman–Crippen LogP) is 1.39. The van der Waals surface area contributed by atoms with E-state index in [0.717, 1.165) is 12.8 Å². The smallest absolute Gasteiger partial charge is 0.224 e. The Balaban J connectivity index is 1.67. The van der Waals surface area contributed by atoms with Crippen molar-refractivity contribution >= 4 is 5.91 Å². The molecule has 2 fully saturated rings. The molecule has 1 saturated heterocycles. The fourth-order valence-corrected chi connectivity index (χ4v) is 3.40. The second-order valence-electron chi connectivity index (χ2n) is 5.68. The molecule has 0 spiro atoms. The number of nitriles is 1. The van der Waals surface area contributed by atoms with Crippen molar-refractivity contribution in [2.45, 2.75) is 31.2 Å². The Bertz CT molecular complexity index is 418. The first-order valence-corrected chi connectivity index (χ1v) is 6.72. The van der Waals surface area contributed by atoms with Gasteiger partial charge in [-0.3, -0.25) is 4.79 Å². The van der Waals surface area contributed by atoms with Crippen LogP contribution in [0.2, 0.25) is 0 Å². The number of nitrogens with one attached hydrogen (secondary N) is 1. The maximum absolute atomic E-state index is 12.3. The summed E-state index contributed by atoms with van der Waals surface area (Å²) in [6.07, 6.45) is 7.66. The van der Waals surface area contributed by atoms with Crippen LogP contribution in [-0.2, 0) is 9.53 Å². The van der Waals surface area contributed by atoms with E-state index >= 15 is 0 Å².